The highest BCUT2D eigenvalue weighted by molar-refractivity contribution is 5.89. The van der Waals surface area contributed by atoms with Crippen LogP contribution in [0.15, 0.2) is 42.5 Å². The summed E-state index contributed by atoms with van der Waals surface area (Å²) in [6.07, 6.45) is 2.32. The number of carbonyl (C=O) groups excluding carboxylic acids is 2. The van der Waals surface area contributed by atoms with Gasteiger partial charge < -0.3 is 15.5 Å². The number of nitrogens with zero attached hydrogens (tertiary/aromatic N) is 1. The summed E-state index contributed by atoms with van der Waals surface area (Å²) in [4.78, 5) is 27.7. The van der Waals surface area contributed by atoms with E-state index in [1.54, 1.807) is 0 Å². The second-order valence-corrected chi connectivity index (χ2v) is 8.47. The summed E-state index contributed by atoms with van der Waals surface area (Å²) >= 11 is 0. The Bertz CT molecular complexity index is 841. The fourth-order valence-corrected chi connectivity index (χ4v) is 4.12. The van der Waals surface area contributed by atoms with Gasteiger partial charge in [0.1, 0.15) is 6.04 Å². The first-order chi connectivity index (χ1) is 14.0. The van der Waals surface area contributed by atoms with Crippen LogP contribution in [0.5, 0.6) is 0 Å². The molecule has 1 fully saturated rings. The Balaban J connectivity index is 1.60. The molecule has 0 bridgehead atoms. The predicted octanol–water partition coefficient (Wildman–Crippen LogP) is 2.98. The molecular formula is C24H33N3O2. The maximum atomic E-state index is 13.1. The van der Waals surface area contributed by atoms with Crippen molar-refractivity contribution in [3.05, 3.63) is 48.0 Å². The van der Waals surface area contributed by atoms with Crippen molar-refractivity contribution in [2.75, 3.05) is 26.7 Å². The highest BCUT2D eigenvalue weighted by Crippen LogP contribution is 2.19. The Kier molecular flexibility index (Phi) is 7.26. The third kappa shape index (κ3) is 5.57. The Morgan fingerprint density at radius 1 is 1.07 bits per heavy atom. The number of likely N-dealkylation sites (tertiary alicyclic amines) is 1. The largest absolute Gasteiger partial charge is 0.344 e. The first-order valence-corrected chi connectivity index (χ1v) is 10.7. The lowest BCUT2D eigenvalue weighted by molar-refractivity contribution is -0.138. The van der Waals surface area contributed by atoms with Crippen molar-refractivity contribution in [3.63, 3.8) is 0 Å². The number of hydrogen-bond donors (Lipinski definition) is 2. The molecule has 1 aliphatic rings. The van der Waals surface area contributed by atoms with Crippen LogP contribution in [0.1, 0.15) is 32.3 Å². The molecule has 156 valence electrons. The molecule has 0 aromatic heterocycles. The lowest BCUT2D eigenvalue weighted by Crippen LogP contribution is -2.53. The lowest BCUT2D eigenvalue weighted by atomic mass is 9.95. The molecule has 2 amide bonds. The summed E-state index contributed by atoms with van der Waals surface area (Å²) in [7, 11) is 1.97. The second-order valence-electron chi connectivity index (χ2n) is 8.47. The molecule has 2 aromatic rings. The van der Waals surface area contributed by atoms with E-state index < -0.39 is 6.04 Å². The van der Waals surface area contributed by atoms with Crippen molar-refractivity contribution < 1.29 is 9.59 Å². The predicted molar refractivity (Wildman–Crippen MR) is 118 cm³/mol. The zero-order chi connectivity index (χ0) is 20.8. The van der Waals surface area contributed by atoms with Crippen molar-refractivity contribution in [2.45, 2.75) is 39.2 Å². The summed E-state index contributed by atoms with van der Waals surface area (Å²) in [5.74, 6) is 0.634. The van der Waals surface area contributed by atoms with Crippen LogP contribution in [0, 0.1) is 11.8 Å². The monoisotopic (exact) mass is 395 g/mol. The highest BCUT2D eigenvalue weighted by Gasteiger charge is 2.31. The molecule has 0 radical (unpaired) electrons. The standard InChI is InChI=1S/C24H33N3O2/c1-17(2)23(24(29)27-12-10-18(11-13-27)16-25-3)26-22(28)15-19-8-9-20-6-4-5-7-21(20)14-19/h4-9,14,17-18,23,25H,10-13,15-16H2,1-3H3,(H,26,28). The van der Waals surface area contributed by atoms with E-state index in [9.17, 15) is 9.59 Å². The van der Waals surface area contributed by atoms with Gasteiger partial charge in [-0.2, -0.15) is 0 Å². The van der Waals surface area contributed by atoms with E-state index in [1.165, 1.54) is 0 Å². The fourth-order valence-electron chi connectivity index (χ4n) is 4.12. The maximum absolute atomic E-state index is 13.1. The Hall–Kier alpha value is -2.40. The van der Waals surface area contributed by atoms with Crippen molar-refractivity contribution in [3.8, 4) is 0 Å². The second kappa shape index (κ2) is 9.88. The summed E-state index contributed by atoms with van der Waals surface area (Å²) in [6.45, 7) is 6.53. The van der Waals surface area contributed by atoms with Crippen molar-refractivity contribution in [1.29, 1.82) is 0 Å². The zero-order valence-electron chi connectivity index (χ0n) is 17.8. The molecule has 0 saturated carbocycles. The minimum atomic E-state index is -0.469. The first kappa shape index (κ1) is 21.3. The van der Waals surface area contributed by atoms with Gasteiger partial charge in [0.2, 0.25) is 11.8 Å². The Labute approximate surface area is 173 Å². The molecular weight excluding hydrogens is 362 g/mol. The number of carbonyl (C=O) groups is 2. The molecule has 2 N–H and O–H groups in total. The maximum Gasteiger partial charge on any atom is 0.245 e. The molecule has 5 heteroatoms. The van der Waals surface area contributed by atoms with E-state index >= 15 is 0 Å². The van der Waals surface area contributed by atoms with Gasteiger partial charge in [-0.05, 0) is 54.6 Å². The molecule has 29 heavy (non-hydrogen) atoms. The number of fused-ring (bicyclic) bond motifs is 1. The van der Waals surface area contributed by atoms with E-state index in [2.05, 4.69) is 22.8 Å². The lowest BCUT2D eigenvalue weighted by Gasteiger charge is -2.35. The van der Waals surface area contributed by atoms with Crippen LogP contribution in [0.2, 0.25) is 0 Å². The van der Waals surface area contributed by atoms with Crippen LogP contribution >= 0.6 is 0 Å². The minimum absolute atomic E-state index is 0.0507. The topological polar surface area (TPSA) is 61.4 Å². The summed E-state index contributed by atoms with van der Waals surface area (Å²) < 4.78 is 0. The normalized spacial score (nSPS) is 16.2. The van der Waals surface area contributed by atoms with Crippen LogP contribution in [0.25, 0.3) is 10.8 Å². The number of benzene rings is 2. The van der Waals surface area contributed by atoms with Gasteiger partial charge in [-0.3, -0.25) is 9.59 Å². The average Bonchev–Trinajstić information content (AvgIpc) is 2.72. The molecule has 3 rings (SSSR count). The average molecular weight is 396 g/mol. The molecule has 2 aromatic carbocycles. The molecule has 1 saturated heterocycles. The molecule has 1 atom stereocenters. The summed E-state index contributed by atoms with van der Waals surface area (Å²) in [5.41, 5.74) is 0.962. The van der Waals surface area contributed by atoms with Crippen LogP contribution in [0.3, 0.4) is 0 Å². The third-order valence-electron chi connectivity index (χ3n) is 5.85. The Morgan fingerprint density at radius 3 is 2.41 bits per heavy atom. The van der Waals surface area contributed by atoms with Crippen molar-refractivity contribution in [2.24, 2.45) is 11.8 Å². The molecule has 1 unspecified atom stereocenters. The SMILES string of the molecule is CNCC1CCN(C(=O)C(NC(=O)Cc2ccc3ccccc3c2)C(C)C)CC1. The highest BCUT2D eigenvalue weighted by atomic mass is 16.2. The molecule has 1 aliphatic heterocycles. The van der Waals surface area contributed by atoms with Crippen LogP contribution in [-0.2, 0) is 16.0 Å². The van der Waals surface area contributed by atoms with Crippen molar-refractivity contribution >= 4 is 22.6 Å². The number of hydrogen-bond acceptors (Lipinski definition) is 3. The molecule has 0 aliphatic carbocycles. The van der Waals surface area contributed by atoms with Crippen LogP contribution < -0.4 is 10.6 Å². The van der Waals surface area contributed by atoms with Crippen molar-refractivity contribution in [1.82, 2.24) is 15.5 Å². The van der Waals surface area contributed by atoms with E-state index in [-0.39, 0.29) is 24.2 Å². The van der Waals surface area contributed by atoms with Gasteiger partial charge in [0.25, 0.3) is 0 Å². The molecule has 1 heterocycles. The minimum Gasteiger partial charge on any atom is -0.344 e. The molecule has 0 spiro atoms. The number of piperidine rings is 1. The molecule has 5 nitrogen and oxygen atoms in total. The number of rotatable bonds is 7. The van der Waals surface area contributed by atoms with E-state index in [1.807, 2.05) is 56.1 Å². The van der Waals surface area contributed by atoms with E-state index in [4.69, 9.17) is 0 Å². The number of nitrogens with one attached hydrogen (secondary N) is 2. The first-order valence-electron chi connectivity index (χ1n) is 10.7. The van der Waals surface area contributed by atoms with E-state index in [0.717, 1.165) is 48.8 Å². The smallest absolute Gasteiger partial charge is 0.245 e. The van der Waals surface area contributed by atoms with Gasteiger partial charge in [-0.25, -0.2) is 0 Å². The number of amides is 2. The Morgan fingerprint density at radius 2 is 1.76 bits per heavy atom. The van der Waals surface area contributed by atoms with Gasteiger partial charge in [-0.1, -0.05) is 56.3 Å². The van der Waals surface area contributed by atoms with Gasteiger partial charge in [0.05, 0.1) is 6.42 Å². The summed E-state index contributed by atoms with van der Waals surface area (Å²) in [5, 5.41) is 8.51. The third-order valence-corrected chi connectivity index (χ3v) is 5.85. The van der Waals surface area contributed by atoms with E-state index in [0.29, 0.717) is 5.92 Å². The van der Waals surface area contributed by atoms with Crippen LogP contribution in [-0.4, -0.2) is 49.4 Å². The summed E-state index contributed by atoms with van der Waals surface area (Å²) in [6, 6.07) is 13.7. The fraction of sp³-hybridized carbons (Fsp3) is 0.500. The van der Waals surface area contributed by atoms with Gasteiger partial charge in [0, 0.05) is 13.1 Å². The van der Waals surface area contributed by atoms with Gasteiger partial charge >= 0.3 is 0 Å². The van der Waals surface area contributed by atoms with Crippen LogP contribution in [0.4, 0.5) is 0 Å². The van der Waals surface area contributed by atoms with Gasteiger partial charge in [0.15, 0.2) is 0 Å². The zero-order valence-corrected chi connectivity index (χ0v) is 17.8. The van der Waals surface area contributed by atoms with Gasteiger partial charge in [-0.15, -0.1) is 0 Å². The quantitative estimate of drug-likeness (QED) is 0.758.